The standard InChI is InChI=1S/C13H26N2/c1-5-11-6-7-12-9-15(13(2,3)4)10-14(12)8-11/h11-12H,5-10H2,1-4H3/t11-,12+/m0/s1. The van der Waals surface area contributed by atoms with E-state index in [1.165, 1.54) is 39.0 Å². The Morgan fingerprint density at radius 2 is 1.87 bits per heavy atom. The van der Waals surface area contributed by atoms with Crippen molar-refractivity contribution in [3.05, 3.63) is 0 Å². The predicted octanol–water partition coefficient (Wildman–Crippen LogP) is 2.55. The fourth-order valence-corrected chi connectivity index (χ4v) is 2.91. The SMILES string of the molecule is CC[C@H]1CC[C@@H]2CN(C(C)(C)C)CN2C1. The molecule has 2 atom stereocenters. The van der Waals surface area contributed by atoms with E-state index in [4.69, 9.17) is 0 Å². The summed E-state index contributed by atoms with van der Waals surface area (Å²) in [6.45, 7) is 13.2. The molecule has 0 bridgehead atoms. The summed E-state index contributed by atoms with van der Waals surface area (Å²) in [7, 11) is 0. The average molecular weight is 210 g/mol. The predicted molar refractivity (Wildman–Crippen MR) is 64.8 cm³/mol. The zero-order chi connectivity index (χ0) is 11.1. The summed E-state index contributed by atoms with van der Waals surface area (Å²) in [6.07, 6.45) is 4.24. The van der Waals surface area contributed by atoms with Gasteiger partial charge in [0.05, 0.1) is 6.67 Å². The maximum atomic E-state index is 2.71. The zero-order valence-electron chi connectivity index (χ0n) is 10.8. The molecule has 2 aliphatic rings. The van der Waals surface area contributed by atoms with Crippen molar-refractivity contribution >= 4 is 0 Å². The van der Waals surface area contributed by atoms with E-state index < -0.39 is 0 Å². The highest BCUT2D eigenvalue weighted by Crippen LogP contribution is 2.31. The first-order valence-electron chi connectivity index (χ1n) is 6.50. The van der Waals surface area contributed by atoms with Crippen LogP contribution in [-0.2, 0) is 0 Å². The molecule has 2 nitrogen and oxygen atoms in total. The summed E-state index contributed by atoms with van der Waals surface area (Å²) in [6, 6.07) is 0.854. The molecule has 0 unspecified atom stereocenters. The van der Waals surface area contributed by atoms with Gasteiger partial charge in [0, 0.05) is 24.7 Å². The van der Waals surface area contributed by atoms with E-state index in [9.17, 15) is 0 Å². The van der Waals surface area contributed by atoms with Gasteiger partial charge in [-0.1, -0.05) is 13.3 Å². The Morgan fingerprint density at radius 1 is 1.13 bits per heavy atom. The molecular formula is C13H26N2. The van der Waals surface area contributed by atoms with Crippen LogP contribution in [0.3, 0.4) is 0 Å². The highest BCUT2D eigenvalue weighted by molar-refractivity contribution is 4.92. The number of nitrogens with zero attached hydrogens (tertiary/aromatic N) is 2. The highest BCUT2D eigenvalue weighted by Gasteiger charge is 2.38. The van der Waals surface area contributed by atoms with Crippen LogP contribution in [0.2, 0.25) is 0 Å². The second-order valence-electron chi connectivity index (χ2n) is 6.31. The van der Waals surface area contributed by atoms with Crippen molar-refractivity contribution in [2.75, 3.05) is 19.8 Å². The van der Waals surface area contributed by atoms with Gasteiger partial charge in [-0.3, -0.25) is 9.80 Å². The minimum atomic E-state index is 0.346. The minimum Gasteiger partial charge on any atom is -0.286 e. The smallest absolute Gasteiger partial charge is 0.0514 e. The molecule has 0 aromatic heterocycles. The maximum Gasteiger partial charge on any atom is 0.0514 e. The van der Waals surface area contributed by atoms with Gasteiger partial charge in [0.1, 0.15) is 0 Å². The Hall–Kier alpha value is -0.0800. The van der Waals surface area contributed by atoms with Crippen LogP contribution >= 0.6 is 0 Å². The van der Waals surface area contributed by atoms with Gasteiger partial charge >= 0.3 is 0 Å². The van der Waals surface area contributed by atoms with Crippen LogP contribution in [0.5, 0.6) is 0 Å². The van der Waals surface area contributed by atoms with Crippen molar-refractivity contribution in [3.8, 4) is 0 Å². The highest BCUT2D eigenvalue weighted by atomic mass is 15.4. The molecule has 0 aromatic carbocycles. The summed E-state index contributed by atoms with van der Waals surface area (Å²) >= 11 is 0. The molecule has 2 saturated heterocycles. The molecule has 2 rings (SSSR count). The first-order valence-corrected chi connectivity index (χ1v) is 6.50. The van der Waals surface area contributed by atoms with Crippen molar-refractivity contribution in [2.24, 2.45) is 5.92 Å². The summed E-state index contributed by atoms with van der Waals surface area (Å²) < 4.78 is 0. The lowest BCUT2D eigenvalue weighted by atomic mass is 9.92. The molecule has 0 spiro atoms. The second-order valence-corrected chi connectivity index (χ2v) is 6.31. The topological polar surface area (TPSA) is 6.48 Å². The van der Waals surface area contributed by atoms with E-state index in [0.717, 1.165) is 12.0 Å². The van der Waals surface area contributed by atoms with Crippen LogP contribution in [0, 0.1) is 5.92 Å². The van der Waals surface area contributed by atoms with Gasteiger partial charge in [0.15, 0.2) is 0 Å². The van der Waals surface area contributed by atoms with Crippen molar-refractivity contribution in [1.29, 1.82) is 0 Å². The van der Waals surface area contributed by atoms with E-state index in [1.54, 1.807) is 0 Å². The van der Waals surface area contributed by atoms with Gasteiger partial charge in [0.25, 0.3) is 0 Å². The van der Waals surface area contributed by atoms with Crippen LogP contribution in [0.4, 0.5) is 0 Å². The summed E-state index contributed by atoms with van der Waals surface area (Å²) in [5.41, 5.74) is 0.346. The zero-order valence-corrected chi connectivity index (χ0v) is 10.8. The third-order valence-electron chi connectivity index (χ3n) is 4.23. The van der Waals surface area contributed by atoms with Crippen LogP contribution in [-0.4, -0.2) is 41.1 Å². The molecule has 88 valence electrons. The quantitative estimate of drug-likeness (QED) is 0.656. The van der Waals surface area contributed by atoms with Crippen LogP contribution < -0.4 is 0 Å². The first-order chi connectivity index (χ1) is 7.00. The van der Waals surface area contributed by atoms with Crippen molar-refractivity contribution in [2.45, 2.75) is 58.5 Å². The van der Waals surface area contributed by atoms with Crippen LogP contribution in [0.25, 0.3) is 0 Å². The number of hydrogen-bond acceptors (Lipinski definition) is 2. The van der Waals surface area contributed by atoms with Gasteiger partial charge < -0.3 is 0 Å². The first kappa shape index (κ1) is 11.4. The van der Waals surface area contributed by atoms with E-state index in [0.29, 0.717) is 5.54 Å². The molecule has 0 saturated carbocycles. The van der Waals surface area contributed by atoms with E-state index >= 15 is 0 Å². The lowest BCUT2D eigenvalue weighted by Crippen LogP contribution is -2.41. The molecule has 0 N–H and O–H groups in total. The van der Waals surface area contributed by atoms with E-state index in [2.05, 4.69) is 37.5 Å². The third-order valence-corrected chi connectivity index (χ3v) is 4.23. The Balaban J connectivity index is 1.96. The molecule has 0 amide bonds. The maximum absolute atomic E-state index is 2.71. The normalized spacial score (nSPS) is 34.4. The van der Waals surface area contributed by atoms with Gasteiger partial charge in [0.2, 0.25) is 0 Å². The third kappa shape index (κ3) is 2.36. The molecule has 2 heteroatoms. The largest absolute Gasteiger partial charge is 0.286 e. The molecule has 2 heterocycles. The molecule has 0 radical (unpaired) electrons. The van der Waals surface area contributed by atoms with Crippen molar-refractivity contribution < 1.29 is 0 Å². The molecule has 0 aliphatic carbocycles. The molecule has 15 heavy (non-hydrogen) atoms. The Bertz CT molecular complexity index is 219. The van der Waals surface area contributed by atoms with Gasteiger partial charge in [-0.05, 0) is 39.5 Å². The number of rotatable bonds is 1. The van der Waals surface area contributed by atoms with Gasteiger partial charge in [-0.15, -0.1) is 0 Å². The number of hydrogen-bond donors (Lipinski definition) is 0. The average Bonchev–Trinajstić information content (AvgIpc) is 2.59. The fraction of sp³-hybridized carbons (Fsp3) is 1.00. The molecule has 0 aromatic rings. The van der Waals surface area contributed by atoms with Gasteiger partial charge in [-0.2, -0.15) is 0 Å². The number of piperidine rings is 1. The van der Waals surface area contributed by atoms with E-state index in [-0.39, 0.29) is 0 Å². The Kier molecular flexibility index (Phi) is 3.09. The fourth-order valence-electron chi connectivity index (χ4n) is 2.91. The number of fused-ring (bicyclic) bond motifs is 1. The van der Waals surface area contributed by atoms with E-state index in [1.807, 2.05) is 0 Å². The Morgan fingerprint density at radius 3 is 2.47 bits per heavy atom. The molecule has 2 aliphatic heterocycles. The lowest BCUT2D eigenvalue weighted by molar-refractivity contribution is 0.112. The monoisotopic (exact) mass is 210 g/mol. The van der Waals surface area contributed by atoms with Crippen LogP contribution in [0.15, 0.2) is 0 Å². The van der Waals surface area contributed by atoms with Gasteiger partial charge in [-0.25, -0.2) is 0 Å². The Labute approximate surface area is 94.6 Å². The summed E-state index contributed by atoms with van der Waals surface area (Å²) in [5, 5.41) is 0. The van der Waals surface area contributed by atoms with Crippen molar-refractivity contribution in [3.63, 3.8) is 0 Å². The minimum absolute atomic E-state index is 0.346. The van der Waals surface area contributed by atoms with Crippen LogP contribution in [0.1, 0.15) is 47.0 Å². The lowest BCUT2D eigenvalue weighted by Gasteiger charge is -2.34. The second kappa shape index (κ2) is 4.06. The van der Waals surface area contributed by atoms with Crippen molar-refractivity contribution in [1.82, 2.24) is 9.80 Å². The summed E-state index contributed by atoms with van der Waals surface area (Å²) in [4.78, 5) is 5.35. The molecular weight excluding hydrogens is 184 g/mol. The summed E-state index contributed by atoms with van der Waals surface area (Å²) in [5.74, 6) is 0.959. The molecule has 2 fully saturated rings.